The fraction of sp³-hybridized carbons (Fsp3) is 0.267. The normalized spacial score (nSPS) is 16.5. The molecule has 0 aliphatic carbocycles. The van der Waals surface area contributed by atoms with Gasteiger partial charge in [-0.25, -0.2) is 4.99 Å². The largest absolute Gasteiger partial charge is 0.872 e. The maximum absolute atomic E-state index is 12.3. The average molecular weight is 286 g/mol. The van der Waals surface area contributed by atoms with Gasteiger partial charge in [-0.3, -0.25) is 14.5 Å². The van der Waals surface area contributed by atoms with Crippen molar-refractivity contribution in [1.29, 1.82) is 0 Å². The molecular formula is C15H16N3O3-. The maximum Gasteiger partial charge on any atom is 0.278 e. The number of Topliss-reactive ketones (excluding diaryl/α,β-unsaturated/α-hetero) is 1. The monoisotopic (exact) mass is 286 g/mol. The molecule has 0 saturated heterocycles. The van der Waals surface area contributed by atoms with Gasteiger partial charge in [0.05, 0.1) is 13.1 Å². The molecule has 0 unspecified atom stereocenters. The number of rotatable bonds is 5. The molecule has 0 saturated carbocycles. The van der Waals surface area contributed by atoms with Crippen LogP contribution < -0.4 is 10.4 Å². The average Bonchev–Trinajstić information content (AvgIpc) is 2.70. The van der Waals surface area contributed by atoms with Crippen LogP contribution in [0.4, 0.5) is 0 Å². The van der Waals surface area contributed by atoms with Gasteiger partial charge in [0, 0.05) is 0 Å². The van der Waals surface area contributed by atoms with E-state index < -0.39 is 0 Å². The zero-order chi connectivity index (χ0) is 15.4. The Morgan fingerprint density at radius 3 is 2.62 bits per heavy atom. The number of carbonyl (C=O) groups excluding carboxylic acids is 2. The Kier molecular flexibility index (Phi) is 4.49. The van der Waals surface area contributed by atoms with Crippen LogP contribution in [0, 0.1) is 0 Å². The fourth-order valence-corrected chi connectivity index (χ4v) is 2.00. The summed E-state index contributed by atoms with van der Waals surface area (Å²) in [6, 6.07) is 6.11. The van der Waals surface area contributed by atoms with Gasteiger partial charge in [-0.1, -0.05) is 24.3 Å². The summed E-state index contributed by atoms with van der Waals surface area (Å²) in [6.45, 7) is 1.84. The SMILES string of the molecule is CNCC1=N/C(=C\c2ccc([O-])cc2)C(=O)N1CC(C)=O. The van der Waals surface area contributed by atoms with Crippen molar-refractivity contribution in [2.45, 2.75) is 6.92 Å². The van der Waals surface area contributed by atoms with E-state index in [9.17, 15) is 14.7 Å². The van der Waals surface area contributed by atoms with E-state index in [1.54, 1.807) is 25.3 Å². The van der Waals surface area contributed by atoms with Crippen molar-refractivity contribution in [1.82, 2.24) is 10.2 Å². The Morgan fingerprint density at radius 2 is 2.05 bits per heavy atom. The van der Waals surface area contributed by atoms with Gasteiger partial charge in [-0.05, 0) is 25.6 Å². The van der Waals surface area contributed by atoms with Gasteiger partial charge < -0.3 is 10.4 Å². The Bertz CT molecular complexity index is 618. The first-order valence-corrected chi connectivity index (χ1v) is 6.53. The molecule has 0 fully saturated rings. The molecule has 1 amide bonds. The van der Waals surface area contributed by atoms with Crippen LogP contribution in [0.3, 0.4) is 0 Å². The van der Waals surface area contributed by atoms with Crippen LogP contribution in [0.5, 0.6) is 5.75 Å². The molecule has 1 heterocycles. The standard InChI is InChI=1S/C15H17N3O3/c1-10(19)9-18-14(8-16-2)17-13(15(18)21)7-11-3-5-12(20)6-4-11/h3-7,16,20H,8-9H2,1-2H3/p-1/b13-7-. The highest BCUT2D eigenvalue weighted by Gasteiger charge is 2.30. The van der Waals surface area contributed by atoms with E-state index in [-0.39, 0.29) is 29.7 Å². The number of carbonyl (C=O) groups is 2. The highest BCUT2D eigenvalue weighted by atomic mass is 16.3. The summed E-state index contributed by atoms with van der Waals surface area (Å²) in [5.74, 6) is 0.0163. The Labute approximate surface area is 122 Å². The lowest BCUT2D eigenvalue weighted by Gasteiger charge is -2.15. The number of nitrogens with zero attached hydrogens (tertiary/aromatic N) is 2. The molecule has 1 aliphatic rings. The number of aliphatic imine (C=N–C) groups is 1. The second-order valence-corrected chi connectivity index (χ2v) is 4.75. The van der Waals surface area contributed by atoms with E-state index in [0.29, 0.717) is 12.4 Å². The predicted molar refractivity (Wildman–Crippen MR) is 77.6 cm³/mol. The predicted octanol–water partition coefficient (Wildman–Crippen LogP) is 0.150. The first-order chi connectivity index (χ1) is 10.0. The fourth-order valence-electron chi connectivity index (χ4n) is 2.00. The van der Waals surface area contributed by atoms with E-state index in [2.05, 4.69) is 10.3 Å². The van der Waals surface area contributed by atoms with Crippen LogP contribution in [0.2, 0.25) is 0 Å². The van der Waals surface area contributed by atoms with Crippen molar-refractivity contribution in [2.24, 2.45) is 4.99 Å². The van der Waals surface area contributed by atoms with E-state index in [4.69, 9.17) is 0 Å². The molecule has 21 heavy (non-hydrogen) atoms. The van der Waals surface area contributed by atoms with Crippen LogP contribution in [-0.2, 0) is 9.59 Å². The number of likely N-dealkylation sites (N-methyl/N-ethyl adjacent to an activating group) is 1. The molecule has 2 rings (SSSR count). The van der Waals surface area contributed by atoms with Gasteiger partial charge in [-0.15, -0.1) is 5.75 Å². The molecule has 0 bridgehead atoms. The van der Waals surface area contributed by atoms with E-state index in [1.165, 1.54) is 24.0 Å². The molecule has 0 spiro atoms. The minimum atomic E-state index is -0.304. The van der Waals surface area contributed by atoms with Gasteiger partial charge in [0.25, 0.3) is 5.91 Å². The third kappa shape index (κ3) is 3.55. The molecule has 1 aliphatic heterocycles. The molecule has 110 valence electrons. The number of nitrogens with one attached hydrogen (secondary N) is 1. The Balaban J connectivity index is 2.29. The molecule has 0 radical (unpaired) electrons. The first kappa shape index (κ1) is 14.9. The number of hydrogen-bond donors (Lipinski definition) is 1. The van der Waals surface area contributed by atoms with E-state index in [1.807, 2.05) is 0 Å². The lowest BCUT2D eigenvalue weighted by atomic mass is 10.2. The minimum absolute atomic E-state index is 0.0101. The number of benzene rings is 1. The summed E-state index contributed by atoms with van der Waals surface area (Å²) in [5, 5.41) is 14.0. The summed E-state index contributed by atoms with van der Waals surface area (Å²) in [4.78, 5) is 29.2. The quantitative estimate of drug-likeness (QED) is 0.781. The van der Waals surface area contributed by atoms with Crippen molar-refractivity contribution < 1.29 is 14.7 Å². The molecule has 6 nitrogen and oxygen atoms in total. The second kappa shape index (κ2) is 6.32. The maximum atomic E-state index is 12.3. The first-order valence-electron chi connectivity index (χ1n) is 6.53. The highest BCUT2D eigenvalue weighted by Crippen LogP contribution is 2.19. The summed E-state index contributed by atoms with van der Waals surface area (Å²) in [5.41, 5.74) is 0.982. The molecule has 1 aromatic carbocycles. The summed E-state index contributed by atoms with van der Waals surface area (Å²) in [6.07, 6.45) is 1.61. The van der Waals surface area contributed by atoms with Crippen LogP contribution in [0.15, 0.2) is 35.0 Å². The van der Waals surface area contributed by atoms with Crippen molar-refractivity contribution in [2.75, 3.05) is 20.1 Å². The van der Waals surface area contributed by atoms with Gasteiger partial charge in [-0.2, -0.15) is 0 Å². The second-order valence-electron chi connectivity index (χ2n) is 4.75. The van der Waals surface area contributed by atoms with Gasteiger partial charge in [0.2, 0.25) is 0 Å². The molecule has 0 aromatic heterocycles. The van der Waals surface area contributed by atoms with Gasteiger partial charge in [0.15, 0.2) is 0 Å². The van der Waals surface area contributed by atoms with Crippen LogP contribution in [0.1, 0.15) is 12.5 Å². The van der Waals surface area contributed by atoms with Crippen molar-refractivity contribution >= 4 is 23.6 Å². The topological polar surface area (TPSA) is 84.8 Å². The molecule has 1 aromatic rings. The number of amides is 1. The van der Waals surface area contributed by atoms with Gasteiger partial charge in [0.1, 0.15) is 17.3 Å². The smallest absolute Gasteiger partial charge is 0.278 e. The molecular weight excluding hydrogens is 270 g/mol. The van der Waals surface area contributed by atoms with Crippen molar-refractivity contribution in [3.8, 4) is 5.75 Å². The number of amidine groups is 1. The zero-order valence-electron chi connectivity index (χ0n) is 11.9. The number of hydrogen-bond acceptors (Lipinski definition) is 5. The lowest BCUT2D eigenvalue weighted by Crippen LogP contribution is -2.40. The third-order valence-corrected chi connectivity index (χ3v) is 2.92. The number of ketones is 1. The zero-order valence-corrected chi connectivity index (χ0v) is 11.9. The van der Waals surface area contributed by atoms with Crippen LogP contribution >= 0.6 is 0 Å². The molecule has 1 N–H and O–H groups in total. The minimum Gasteiger partial charge on any atom is -0.872 e. The van der Waals surface area contributed by atoms with E-state index in [0.717, 1.165) is 5.56 Å². The summed E-state index contributed by atoms with van der Waals surface area (Å²) in [7, 11) is 1.74. The Morgan fingerprint density at radius 1 is 1.38 bits per heavy atom. The Hall–Kier alpha value is -2.47. The molecule has 6 heteroatoms. The van der Waals surface area contributed by atoms with Crippen molar-refractivity contribution in [3.63, 3.8) is 0 Å². The van der Waals surface area contributed by atoms with Crippen LogP contribution in [-0.4, -0.2) is 42.6 Å². The summed E-state index contributed by atoms with van der Waals surface area (Å²) >= 11 is 0. The van der Waals surface area contributed by atoms with Crippen molar-refractivity contribution in [3.05, 3.63) is 35.5 Å². The van der Waals surface area contributed by atoms with Crippen LogP contribution in [0.25, 0.3) is 6.08 Å². The molecule has 0 atom stereocenters. The van der Waals surface area contributed by atoms with E-state index >= 15 is 0 Å². The third-order valence-electron chi connectivity index (χ3n) is 2.92. The van der Waals surface area contributed by atoms with Gasteiger partial charge >= 0.3 is 0 Å². The highest BCUT2D eigenvalue weighted by molar-refractivity contribution is 6.16. The summed E-state index contributed by atoms with van der Waals surface area (Å²) < 4.78 is 0. The lowest BCUT2D eigenvalue weighted by molar-refractivity contribution is -0.268.